The van der Waals surface area contributed by atoms with Crippen LogP contribution in [0.1, 0.15) is 31.4 Å². The molecular weight excluding hydrogens is 315 g/mol. The highest BCUT2D eigenvalue weighted by molar-refractivity contribution is 7.89. The Balaban J connectivity index is 0.00000400. The van der Waals surface area contributed by atoms with Gasteiger partial charge < -0.3 is 5.73 Å². The zero-order valence-electron chi connectivity index (χ0n) is 12.8. The molecule has 4 nitrogen and oxygen atoms in total. The molecule has 21 heavy (non-hydrogen) atoms. The lowest BCUT2D eigenvalue weighted by Crippen LogP contribution is -2.41. The molecule has 1 atom stereocenters. The highest BCUT2D eigenvalue weighted by Gasteiger charge is 2.24. The number of hydrogen-bond donors (Lipinski definition) is 2. The van der Waals surface area contributed by atoms with Gasteiger partial charge in [0.25, 0.3) is 0 Å². The maximum Gasteiger partial charge on any atom is 0.241 e. The number of nitrogens with two attached hydrogens (primary N) is 1. The van der Waals surface area contributed by atoms with E-state index in [0.717, 1.165) is 0 Å². The molecule has 0 fully saturated rings. The quantitative estimate of drug-likeness (QED) is 0.837. The van der Waals surface area contributed by atoms with E-state index in [2.05, 4.69) is 4.72 Å². The molecule has 122 valence electrons. The fourth-order valence-electron chi connectivity index (χ4n) is 2.36. The molecule has 1 aromatic carbocycles. The first-order chi connectivity index (χ1) is 9.17. The second-order valence-corrected chi connectivity index (χ2v) is 7.20. The van der Waals surface area contributed by atoms with Crippen molar-refractivity contribution in [2.75, 3.05) is 6.54 Å². The molecule has 0 amide bonds. The molecular formula is C14H24ClFN2O2S. The molecule has 0 aliphatic rings. The largest absolute Gasteiger partial charge is 0.329 e. The third-order valence-electron chi connectivity index (χ3n) is 3.06. The number of halogens is 2. The minimum absolute atomic E-state index is 0. The fraction of sp³-hybridized carbons (Fsp3) is 0.571. The van der Waals surface area contributed by atoms with Crippen molar-refractivity contribution in [3.63, 3.8) is 0 Å². The summed E-state index contributed by atoms with van der Waals surface area (Å²) in [5, 5.41) is 0. The van der Waals surface area contributed by atoms with Gasteiger partial charge in [-0.15, -0.1) is 12.4 Å². The van der Waals surface area contributed by atoms with E-state index in [0.29, 0.717) is 23.5 Å². The summed E-state index contributed by atoms with van der Waals surface area (Å²) in [7, 11) is -3.69. The van der Waals surface area contributed by atoms with Gasteiger partial charge in [0, 0.05) is 12.6 Å². The van der Waals surface area contributed by atoms with Gasteiger partial charge in [-0.05, 0) is 49.4 Å². The van der Waals surface area contributed by atoms with Crippen LogP contribution in [0.4, 0.5) is 4.39 Å². The Hall–Kier alpha value is -0.690. The predicted octanol–water partition coefficient (Wildman–Crippen LogP) is 2.52. The molecule has 0 bridgehead atoms. The van der Waals surface area contributed by atoms with Crippen molar-refractivity contribution in [1.29, 1.82) is 0 Å². The first-order valence-electron chi connectivity index (χ1n) is 6.66. The minimum atomic E-state index is -3.69. The number of sulfonamides is 1. The van der Waals surface area contributed by atoms with E-state index in [1.165, 1.54) is 12.1 Å². The van der Waals surface area contributed by atoms with Crippen molar-refractivity contribution in [3.8, 4) is 0 Å². The summed E-state index contributed by atoms with van der Waals surface area (Å²) in [6.07, 6.45) is 0.662. The molecule has 0 spiro atoms. The first-order valence-corrected chi connectivity index (χ1v) is 8.14. The molecule has 0 heterocycles. The van der Waals surface area contributed by atoms with E-state index in [9.17, 15) is 12.8 Å². The number of nitrogens with one attached hydrogen (secondary N) is 1. The van der Waals surface area contributed by atoms with Gasteiger partial charge >= 0.3 is 0 Å². The SMILES string of the molecule is Cc1cc(F)cc(C)c1S(=O)(=O)NC(CN)CC(C)C.Cl. The molecule has 0 saturated carbocycles. The summed E-state index contributed by atoms with van der Waals surface area (Å²) in [6, 6.07) is 2.13. The molecule has 0 aliphatic carbocycles. The molecule has 1 unspecified atom stereocenters. The summed E-state index contributed by atoms with van der Waals surface area (Å²) in [6.45, 7) is 7.42. The summed E-state index contributed by atoms with van der Waals surface area (Å²) in [4.78, 5) is 0.140. The Morgan fingerprint density at radius 3 is 2.10 bits per heavy atom. The monoisotopic (exact) mass is 338 g/mol. The average Bonchev–Trinajstić information content (AvgIpc) is 2.24. The Labute approximate surface area is 132 Å². The van der Waals surface area contributed by atoms with E-state index in [1.807, 2.05) is 13.8 Å². The van der Waals surface area contributed by atoms with Crippen LogP contribution in [-0.4, -0.2) is 21.0 Å². The van der Waals surface area contributed by atoms with Crippen LogP contribution in [-0.2, 0) is 10.0 Å². The Morgan fingerprint density at radius 2 is 1.71 bits per heavy atom. The van der Waals surface area contributed by atoms with Gasteiger partial charge in [-0.1, -0.05) is 13.8 Å². The number of aryl methyl sites for hydroxylation is 2. The first kappa shape index (κ1) is 20.3. The maximum atomic E-state index is 13.3. The van der Waals surface area contributed by atoms with Crippen LogP contribution in [0.15, 0.2) is 17.0 Å². The second-order valence-electron chi connectivity index (χ2n) is 5.55. The lowest BCUT2D eigenvalue weighted by Gasteiger charge is -2.20. The molecule has 7 heteroatoms. The van der Waals surface area contributed by atoms with Crippen LogP contribution in [0.2, 0.25) is 0 Å². The normalized spacial score (nSPS) is 13.1. The van der Waals surface area contributed by atoms with Crippen LogP contribution in [0, 0.1) is 25.6 Å². The smallest absolute Gasteiger partial charge is 0.241 e. The molecule has 1 aromatic rings. The minimum Gasteiger partial charge on any atom is -0.329 e. The van der Waals surface area contributed by atoms with Gasteiger partial charge in [0.1, 0.15) is 5.82 Å². The Bertz CT molecular complexity index is 553. The lowest BCUT2D eigenvalue weighted by atomic mass is 10.1. The number of rotatable bonds is 6. The standard InChI is InChI=1S/C14H23FN2O2S.ClH/c1-9(2)5-13(8-16)17-20(18,19)14-10(3)6-12(15)7-11(14)4;/h6-7,9,13,17H,5,8,16H2,1-4H3;1H. The highest BCUT2D eigenvalue weighted by Crippen LogP contribution is 2.22. The predicted molar refractivity (Wildman–Crippen MR) is 85.7 cm³/mol. The second kappa shape index (κ2) is 8.08. The zero-order chi connectivity index (χ0) is 15.5. The van der Waals surface area contributed by atoms with Crippen molar-refractivity contribution in [3.05, 3.63) is 29.1 Å². The van der Waals surface area contributed by atoms with E-state index in [4.69, 9.17) is 5.73 Å². The van der Waals surface area contributed by atoms with Crippen molar-refractivity contribution in [1.82, 2.24) is 4.72 Å². The van der Waals surface area contributed by atoms with E-state index in [1.54, 1.807) is 13.8 Å². The highest BCUT2D eigenvalue weighted by atomic mass is 35.5. The molecule has 3 N–H and O–H groups in total. The van der Waals surface area contributed by atoms with E-state index in [-0.39, 0.29) is 29.9 Å². The molecule has 1 rings (SSSR count). The van der Waals surface area contributed by atoms with Crippen molar-refractivity contribution in [2.24, 2.45) is 11.7 Å². The molecule has 0 aromatic heterocycles. The number of benzene rings is 1. The Morgan fingerprint density at radius 1 is 1.24 bits per heavy atom. The van der Waals surface area contributed by atoms with Gasteiger partial charge in [-0.3, -0.25) is 0 Å². The third-order valence-corrected chi connectivity index (χ3v) is 4.88. The third kappa shape index (κ3) is 5.54. The molecule has 0 aliphatic heterocycles. The van der Waals surface area contributed by atoms with Crippen LogP contribution < -0.4 is 10.5 Å². The fourth-order valence-corrected chi connectivity index (χ4v) is 4.08. The number of hydrogen-bond acceptors (Lipinski definition) is 3. The van der Waals surface area contributed by atoms with Crippen LogP contribution in [0.3, 0.4) is 0 Å². The average molecular weight is 339 g/mol. The van der Waals surface area contributed by atoms with Crippen molar-refractivity contribution < 1.29 is 12.8 Å². The molecule has 0 saturated heterocycles. The summed E-state index contributed by atoms with van der Waals surface area (Å²) >= 11 is 0. The van der Waals surface area contributed by atoms with Crippen LogP contribution in [0.5, 0.6) is 0 Å². The summed E-state index contributed by atoms with van der Waals surface area (Å²) in [5.41, 5.74) is 6.42. The lowest BCUT2D eigenvalue weighted by molar-refractivity contribution is 0.464. The zero-order valence-corrected chi connectivity index (χ0v) is 14.4. The van der Waals surface area contributed by atoms with E-state index >= 15 is 0 Å². The van der Waals surface area contributed by atoms with Gasteiger partial charge in [-0.25, -0.2) is 17.5 Å². The van der Waals surface area contributed by atoms with Gasteiger partial charge in [0.05, 0.1) is 4.90 Å². The van der Waals surface area contributed by atoms with E-state index < -0.39 is 15.8 Å². The van der Waals surface area contributed by atoms with Crippen LogP contribution >= 0.6 is 12.4 Å². The van der Waals surface area contributed by atoms with Gasteiger partial charge in [-0.2, -0.15) is 0 Å². The Kier molecular flexibility index (Phi) is 7.81. The van der Waals surface area contributed by atoms with Crippen LogP contribution in [0.25, 0.3) is 0 Å². The van der Waals surface area contributed by atoms with Crippen molar-refractivity contribution >= 4 is 22.4 Å². The summed E-state index contributed by atoms with van der Waals surface area (Å²) in [5.74, 6) is -0.0989. The topological polar surface area (TPSA) is 72.2 Å². The van der Waals surface area contributed by atoms with Crippen molar-refractivity contribution in [2.45, 2.75) is 45.1 Å². The van der Waals surface area contributed by atoms with Gasteiger partial charge in [0.2, 0.25) is 10.0 Å². The van der Waals surface area contributed by atoms with Gasteiger partial charge in [0.15, 0.2) is 0 Å². The maximum absolute atomic E-state index is 13.3. The summed E-state index contributed by atoms with van der Waals surface area (Å²) < 4.78 is 40.8. The molecule has 0 radical (unpaired) electrons.